The van der Waals surface area contributed by atoms with Crippen molar-refractivity contribution in [2.75, 3.05) is 6.54 Å². The third-order valence-corrected chi connectivity index (χ3v) is 4.93. The maximum absolute atomic E-state index is 12.2. The van der Waals surface area contributed by atoms with Gasteiger partial charge >= 0.3 is 0 Å². The highest BCUT2D eigenvalue weighted by atomic mass is 79.9. The van der Waals surface area contributed by atoms with E-state index in [-0.39, 0.29) is 5.78 Å². The number of rotatable bonds is 8. The van der Waals surface area contributed by atoms with Crippen LogP contribution in [0.4, 0.5) is 0 Å². The van der Waals surface area contributed by atoms with Crippen molar-refractivity contribution in [1.82, 2.24) is 9.78 Å². The molecular weight excluding hydrogens is 318 g/mol. The van der Waals surface area contributed by atoms with Crippen molar-refractivity contribution in [3.05, 3.63) is 15.9 Å². The lowest BCUT2D eigenvalue weighted by Gasteiger charge is -2.19. The summed E-state index contributed by atoms with van der Waals surface area (Å²) in [5.74, 6) is 1.40. The number of halogens is 1. The van der Waals surface area contributed by atoms with Crippen LogP contribution in [0.15, 0.2) is 4.47 Å². The molecule has 4 nitrogen and oxygen atoms in total. The van der Waals surface area contributed by atoms with E-state index in [1.165, 1.54) is 0 Å². The van der Waals surface area contributed by atoms with E-state index >= 15 is 0 Å². The molecule has 0 spiro atoms. The second-order valence-electron chi connectivity index (χ2n) is 5.81. The van der Waals surface area contributed by atoms with Crippen molar-refractivity contribution in [2.45, 2.75) is 46.5 Å². The first kappa shape index (κ1) is 17.4. The lowest BCUT2D eigenvalue weighted by atomic mass is 9.87. The number of nitrogens with two attached hydrogens (primary N) is 1. The van der Waals surface area contributed by atoms with Crippen LogP contribution in [0.3, 0.4) is 0 Å². The number of nitrogens with zero attached hydrogens (tertiary/aromatic N) is 2. The van der Waals surface area contributed by atoms with Crippen LogP contribution in [-0.2, 0) is 18.3 Å². The van der Waals surface area contributed by atoms with Crippen molar-refractivity contribution < 1.29 is 4.79 Å². The number of ketones is 1. The van der Waals surface area contributed by atoms with Crippen LogP contribution in [-0.4, -0.2) is 22.1 Å². The molecular formula is C15H26BrN3O. The van der Waals surface area contributed by atoms with Gasteiger partial charge in [-0.25, -0.2) is 0 Å². The van der Waals surface area contributed by atoms with Crippen LogP contribution in [0.1, 0.15) is 44.5 Å². The van der Waals surface area contributed by atoms with Gasteiger partial charge in [-0.05, 0) is 54.1 Å². The third kappa shape index (κ3) is 4.70. The van der Waals surface area contributed by atoms with E-state index < -0.39 is 0 Å². The molecule has 1 unspecified atom stereocenters. The molecule has 0 amide bonds. The Morgan fingerprint density at radius 2 is 2.05 bits per heavy atom. The molecule has 1 atom stereocenters. The summed E-state index contributed by atoms with van der Waals surface area (Å²) in [6, 6.07) is 0. The number of carbonyl (C=O) groups is 1. The van der Waals surface area contributed by atoms with Gasteiger partial charge in [0, 0.05) is 19.9 Å². The fourth-order valence-electron chi connectivity index (χ4n) is 2.52. The van der Waals surface area contributed by atoms with Crippen molar-refractivity contribution in [3.63, 3.8) is 0 Å². The molecule has 1 aromatic rings. The van der Waals surface area contributed by atoms with Gasteiger partial charge in [-0.1, -0.05) is 13.8 Å². The highest BCUT2D eigenvalue weighted by Crippen LogP contribution is 2.23. The number of Topliss-reactive ketones (excluding diaryl/α,β-unsaturated/α-hetero) is 1. The number of carbonyl (C=O) groups excluding carboxylic acids is 1. The molecule has 0 fully saturated rings. The van der Waals surface area contributed by atoms with E-state index in [9.17, 15) is 4.79 Å². The van der Waals surface area contributed by atoms with Gasteiger partial charge in [0.1, 0.15) is 5.78 Å². The molecule has 0 saturated heterocycles. The Morgan fingerprint density at radius 1 is 1.40 bits per heavy atom. The van der Waals surface area contributed by atoms with E-state index in [4.69, 9.17) is 5.73 Å². The molecule has 1 rings (SSSR count). The smallest absolute Gasteiger partial charge is 0.138 e. The number of aryl methyl sites for hydroxylation is 2. The molecule has 0 aliphatic heterocycles. The van der Waals surface area contributed by atoms with Crippen molar-refractivity contribution in [2.24, 2.45) is 24.6 Å². The monoisotopic (exact) mass is 343 g/mol. The fraction of sp³-hybridized carbons (Fsp3) is 0.733. The van der Waals surface area contributed by atoms with Gasteiger partial charge in [-0.2, -0.15) is 5.10 Å². The molecule has 2 N–H and O–H groups in total. The minimum absolute atomic E-state index is 0.274. The van der Waals surface area contributed by atoms with Gasteiger partial charge in [0.2, 0.25) is 0 Å². The Hall–Kier alpha value is -0.680. The zero-order valence-electron chi connectivity index (χ0n) is 12.9. The second-order valence-corrected chi connectivity index (χ2v) is 6.60. The lowest BCUT2D eigenvalue weighted by Crippen LogP contribution is -2.16. The highest BCUT2D eigenvalue weighted by molar-refractivity contribution is 9.10. The molecule has 0 bridgehead atoms. The highest BCUT2D eigenvalue weighted by Gasteiger charge is 2.17. The number of hydrogen-bond donors (Lipinski definition) is 1. The number of aromatic nitrogens is 2. The molecule has 0 aliphatic rings. The predicted molar refractivity (Wildman–Crippen MR) is 85.6 cm³/mol. The van der Waals surface area contributed by atoms with Crippen LogP contribution in [0.2, 0.25) is 0 Å². The summed E-state index contributed by atoms with van der Waals surface area (Å²) in [6.07, 6.45) is 3.01. The SMILES string of the molecule is Cc1nn(C)c(CC(=O)CCC(CCN)C(C)C)c1Br. The van der Waals surface area contributed by atoms with Gasteiger partial charge in [0.15, 0.2) is 0 Å². The average Bonchev–Trinajstić information content (AvgIpc) is 2.61. The van der Waals surface area contributed by atoms with E-state index in [2.05, 4.69) is 34.9 Å². The Kier molecular flexibility index (Phi) is 6.89. The molecule has 1 heterocycles. The topological polar surface area (TPSA) is 60.9 Å². The summed E-state index contributed by atoms with van der Waals surface area (Å²) < 4.78 is 2.74. The molecule has 0 radical (unpaired) electrons. The molecule has 0 aromatic carbocycles. The molecule has 114 valence electrons. The van der Waals surface area contributed by atoms with Gasteiger partial charge in [-0.15, -0.1) is 0 Å². The van der Waals surface area contributed by atoms with Crippen LogP contribution < -0.4 is 5.73 Å². The van der Waals surface area contributed by atoms with Crippen molar-refractivity contribution >= 4 is 21.7 Å². The summed E-state index contributed by atoms with van der Waals surface area (Å²) in [5, 5.41) is 4.32. The zero-order valence-corrected chi connectivity index (χ0v) is 14.5. The summed E-state index contributed by atoms with van der Waals surface area (Å²) >= 11 is 3.51. The number of hydrogen-bond acceptors (Lipinski definition) is 3. The van der Waals surface area contributed by atoms with E-state index in [1.54, 1.807) is 4.68 Å². The minimum Gasteiger partial charge on any atom is -0.330 e. The van der Waals surface area contributed by atoms with E-state index in [1.807, 2.05) is 14.0 Å². The van der Waals surface area contributed by atoms with E-state index in [0.717, 1.165) is 28.7 Å². The van der Waals surface area contributed by atoms with Crippen molar-refractivity contribution in [1.29, 1.82) is 0 Å². The van der Waals surface area contributed by atoms with Gasteiger partial charge in [-0.3, -0.25) is 9.48 Å². The van der Waals surface area contributed by atoms with Gasteiger partial charge in [0.05, 0.1) is 15.9 Å². The predicted octanol–water partition coefficient (Wildman–Crippen LogP) is 3.00. The largest absolute Gasteiger partial charge is 0.330 e. The van der Waals surface area contributed by atoms with Crippen molar-refractivity contribution in [3.8, 4) is 0 Å². The molecule has 1 aromatic heterocycles. The summed E-state index contributed by atoms with van der Waals surface area (Å²) in [4.78, 5) is 12.2. The molecule has 20 heavy (non-hydrogen) atoms. The first-order valence-corrected chi connectivity index (χ1v) is 8.05. The van der Waals surface area contributed by atoms with Gasteiger partial charge < -0.3 is 5.73 Å². The summed E-state index contributed by atoms with van der Waals surface area (Å²) in [7, 11) is 1.88. The quantitative estimate of drug-likeness (QED) is 0.789. The lowest BCUT2D eigenvalue weighted by molar-refractivity contribution is -0.118. The maximum atomic E-state index is 12.2. The fourth-order valence-corrected chi connectivity index (χ4v) is 2.99. The van der Waals surface area contributed by atoms with Crippen LogP contribution in [0.5, 0.6) is 0 Å². The standard InChI is InChI=1S/C15H26BrN3O/c1-10(2)12(7-8-17)5-6-13(20)9-14-15(16)11(3)18-19(14)4/h10,12H,5-9,17H2,1-4H3. The Labute approximate surface area is 130 Å². The first-order chi connectivity index (χ1) is 9.36. The van der Waals surface area contributed by atoms with E-state index in [0.29, 0.717) is 31.2 Å². The van der Waals surface area contributed by atoms with Crippen LogP contribution >= 0.6 is 15.9 Å². The first-order valence-electron chi connectivity index (χ1n) is 7.26. The summed E-state index contributed by atoms with van der Waals surface area (Å²) in [5.41, 5.74) is 7.53. The second kappa shape index (κ2) is 7.93. The minimum atomic E-state index is 0.274. The van der Waals surface area contributed by atoms with Crippen LogP contribution in [0, 0.1) is 18.8 Å². The maximum Gasteiger partial charge on any atom is 0.138 e. The third-order valence-electron chi connectivity index (χ3n) is 3.90. The molecule has 5 heteroatoms. The Balaban J connectivity index is 2.55. The average molecular weight is 344 g/mol. The normalized spacial score (nSPS) is 12.9. The Morgan fingerprint density at radius 3 is 2.50 bits per heavy atom. The summed E-state index contributed by atoms with van der Waals surface area (Å²) in [6.45, 7) is 7.04. The van der Waals surface area contributed by atoms with Crippen LogP contribution in [0.25, 0.3) is 0 Å². The molecule has 0 aliphatic carbocycles. The zero-order chi connectivity index (χ0) is 15.3. The van der Waals surface area contributed by atoms with Gasteiger partial charge in [0.25, 0.3) is 0 Å². The molecule has 0 saturated carbocycles. The Bertz CT molecular complexity index is 454.